The van der Waals surface area contributed by atoms with Crippen LogP contribution in [0.2, 0.25) is 5.02 Å². The lowest BCUT2D eigenvalue weighted by atomic mass is 9.83. The molecule has 0 bridgehead atoms. The van der Waals surface area contributed by atoms with Gasteiger partial charge in [0.2, 0.25) is 11.8 Å². The van der Waals surface area contributed by atoms with E-state index in [1.54, 1.807) is 39.2 Å². The zero-order chi connectivity index (χ0) is 21.4. The third-order valence-corrected chi connectivity index (χ3v) is 5.09. The molecule has 0 aliphatic carbocycles. The number of rotatable bonds is 9. The fourth-order valence-corrected chi connectivity index (χ4v) is 3.61. The summed E-state index contributed by atoms with van der Waals surface area (Å²) in [6.45, 7) is 4.41. The van der Waals surface area contributed by atoms with Gasteiger partial charge in [-0.15, -0.1) is 0 Å². The van der Waals surface area contributed by atoms with Gasteiger partial charge in [0.15, 0.2) is 0 Å². The highest BCUT2D eigenvalue weighted by Crippen LogP contribution is 2.39. The zero-order valence-corrected chi connectivity index (χ0v) is 17.8. The molecule has 0 spiro atoms. The van der Waals surface area contributed by atoms with Crippen molar-refractivity contribution in [3.63, 3.8) is 0 Å². The predicted octanol–water partition coefficient (Wildman–Crippen LogP) is 2.65. The van der Waals surface area contributed by atoms with E-state index in [1.807, 2.05) is 6.07 Å². The number of halogens is 1. The molecule has 158 valence electrons. The van der Waals surface area contributed by atoms with E-state index in [4.69, 9.17) is 21.1 Å². The molecule has 0 saturated heterocycles. The summed E-state index contributed by atoms with van der Waals surface area (Å²) in [5, 5.41) is 3.23. The quantitative estimate of drug-likeness (QED) is 0.488. The van der Waals surface area contributed by atoms with Gasteiger partial charge in [-0.1, -0.05) is 29.8 Å². The van der Waals surface area contributed by atoms with Crippen LogP contribution in [0.4, 0.5) is 0 Å². The van der Waals surface area contributed by atoms with E-state index >= 15 is 0 Å². The highest BCUT2D eigenvalue weighted by molar-refractivity contribution is 6.31. The first-order chi connectivity index (χ1) is 13.9. The number of ether oxygens (including phenoxy) is 2. The SMILES string of the molecule is CCOC(=O)C1=C(C)N(CC(=O)NCCCOC)C(=O)C[C@H]1c1ccccc1Cl. The van der Waals surface area contributed by atoms with E-state index in [0.29, 0.717) is 41.4 Å². The van der Waals surface area contributed by atoms with Crippen LogP contribution in [0.25, 0.3) is 0 Å². The van der Waals surface area contributed by atoms with Gasteiger partial charge in [0, 0.05) is 43.3 Å². The molecular formula is C21H27ClN2O5. The molecule has 1 aromatic carbocycles. The first-order valence-electron chi connectivity index (χ1n) is 9.59. The second kappa shape index (κ2) is 11.0. The molecule has 0 unspecified atom stereocenters. The molecule has 1 aliphatic heterocycles. The van der Waals surface area contributed by atoms with Gasteiger partial charge in [0.25, 0.3) is 0 Å². The van der Waals surface area contributed by atoms with Crippen LogP contribution in [0.1, 0.15) is 38.2 Å². The molecule has 1 atom stereocenters. The maximum absolute atomic E-state index is 12.8. The molecule has 0 fully saturated rings. The van der Waals surface area contributed by atoms with Gasteiger partial charge in [-0.3, -0.25) is 9.59 Å². The molecule has 7 nitrogen and oxygen atoms in total. The van der Waals surface area contributed by atoms with Gasteiger partial charge in [0.1, 0.15) is 6.54 Å². The van der Waals surface area contributed by atoms with Crippen LogP contribution in [0, 0.1) is 0 Å². The van der Waals surface area contributed by atoms with Crippen LogP contribution in [0.15, 0.2) is 35.5 Å². The second-order valence-corrected chi connectivity index (χ2v) is 7.08. The fraction of sp³-hybridized carbons (Fsp3) is 0.476. The Hall–Kier alpha value is -2.38. The smallest absolute Gasteiger partial charge is 0.336 e. The number of carbonyl (C=O) groups is 3. The third-order valence-electron chi connectivity index (χ3n) is 4.75. The van der Waals surface area contributed by atoms with Gasteiger partial charge < -0.3 is 19.7 Å². The molecule has 29 heavy (non-hydrogen) atoms. The average molecular weight is 423 g/mol. The Labute approximate surface area is 176 Å². The van der Waals surface area contributed by atoms with Crippen LogP contribution < -0.4 is 5.32 Å². The van der Waals surface area contributed by atoms with Crippen molar-refractivity contribution in [3.8, 4) is 0 Å². The van der Waals surface area contributed by atoms with Crippen LogP contribution in [-0.2, 0) is 23.9 Å². The molecule has 2 amide bonds. The number of hydrogen-bond donors (Lipinski definition) is 1. The van der Waals surface area contributed by atoms with Crippen molar-refractivity contribution < 1.29 is 23.9 Å². The van der Waals surface area contributed by atoms with Crippen molar-refractivity contribution in [3.05, 3.63) is 46.1 Å². The number of allylic oxidation sites excluding steroid dienone is 1. The summed E-state index contributed by atoms with van der Waals surface area (Å²) in [4.78, 5) is 39.2. The lowest BCUT2D eigenvalue weighted by Crippen LogP contribution is -2.44. The number of amides is 2. The Morgan fingerprint density at radius 1 is 1.31 bits per heavy atom. The minimum atomic E-state index is -0.517. The Bertz CT molecular complexity index is 793. The summed E-state index contributed by atoms with van der Waals surface area (Å²) in [5.74, 6) is -1.56. The molecule has 1 aliphatic rings. The Morgan fingerprint density at radius 3 is 2.69 bits per heavy atom. The first kappa shape index (κ1) is 22.9. The van der Waals surface area contributed by atoms with E-state index in [-0.39, 0.29) is 31.4 Å². The van der Waals surface area contributed by atoms with Crippen molar-refractivity contribution in [2.24, 2.45) is 0 Å². The normalized spacial score (nSPS) is 16.8. The van der Waals surface area contributed by atoms with Crippen molar-refractivity contribution >= 4 is 29.4 Å². The average Bonchev–Trinajstić information content (AvgIpc) is 2.68. The molecule has 1 heterocycles. The van der Waals surface area contributed by atoms with Gasteiger partial charge in [0.05, 0.1) is 12.2 Å². The molecule has 0 radical (unpaired) electrons. The molecule has 1 N–H and O–H groups in total. The Kier molecular flexibility index (Phi) is 8.67. The molecule has 0 saturated carbocycles. The molecule has 0 aromatic heterocycles. The van der Waals surface area contributed by atoms with Crippen LogP contribution in [0.3, 0.4) is 0 Å². The topological polar surface area (TPSA) is 84.9 Å². The monoisotopic (exact) mass is 422 g/mol. The van der Waals surface area contributed by atoms with Gasteiger partial charge in [-0.05, 0) is 31.9 Å². The molecule has 2 rings (SSSR count). The largest absolute Gasteiger partial charge is 0.463 e. The van der Waals surface area contributed by atoms with Gasteiger partial charge in [-0.25, -0.2) is 4.79 Å². The minimum Gasteiger partial charge on any atom is -0.463 e. The van der Waals surface area contributed by atoms with Gasteiger partial charge in [-0.2, -0.15) is 0 Å². The van der Waals surface area contributed by atoms with Crippen molar-refractivity contribution in [2.75, 3.05) is 33.4 Å². The highest BCUT2D eigenvalue weighted by atomic mass is 35.5. The van der Waals surface area contributed by atoms with Gasteiger partial charge >= 0.3 is 5.97 Å². The lowest BCUT2D eigenvalue weighted by molar-refractivity contribution is -0.141. The number of esters is 1. The number of methoxy groups -OCH3 is 1. The number of nitrogens with one attached hydrogen (secondary N) is 1. The van der Waals surface area contributed by atoms with E-state index in [9.17, 15) is 14.4 Å². The van der Waals surface area contributed by atoms with E-state index in [0.717, 1.165) is 0 Å². The summed E-state index contributed by atoms with van der Waals surface area (Å²) in [6, 6.07) is 7.12. The third kappa shape index (κ3) is 5.81. The first-order valence-corrected chi connectivity index (χ1v) is 9.96. The van der Waals surface area contributed by atoms with E-state index in [1.165, 1.54) is 4.90 Å². The molecule has 8 heteroatoms. The summed E-state index contributed by atoms with van der Waals surface area (Å²) in [7, 11) is 1.59. The molecular weight excluding hydrogens is 396 g/mol. The summed E-state index contributed by atoms with van der Waals surface area (Å²) in [6.07, 6.45) is 0.708. The maximum atomic E-state index is 12.8. The minimum absolute atomic E-state index is 0.0339. The Balaban J connectivity index is 2.30. The lowest BCUT2D eigenvalue weighted by Gasteiger charge is -2.34. The van der Waals surface area contributed by atoms with Crippen molar-refractivity contribution in [1.82, 2.24) is 10.2 Å². The Morgan fingerprint density at radius 2 is 2.03 bits per heavy atom. The zero-order valence-electron chi connectivity index (χ0n) is 17.0. The fourth-order valence-electron chi connectivity index (χ4n) is 3.34. The van der Waals surface area contributed by atoms with Crippen LogP contribution in [0.5, 0.6) is 0 Å². The van der Waals surface area contributed by atoms with E-state index < -0.39 is 11.9 Å². The van der Waals surface area contributed by atoms with E-state index in [2.05, 4.69) is 5.32 Å². The number of nitrogens with zero attached hydrogens (tertiary/aromatic N) is 1. The second-order valence-electron chi connectivity index (χ2n) is 6.67. The highest BCUT2D eigenvalue weighted by Gasteiger charge is 2.38. The van der Waals surface area contributed by atoms with Crippen LogP contribution >= 0.6 is 11.6 Å². The summed E-state index contributed by atoms with van der Waals surface area (Å²) in [5.41, 5.74) is 1.46. The predicted molar refractivity (Wildman–Crippen MR) is 109 cm³/mol. The maximum Gasteiger partial charge on any atom is 0.336 e. The number of benzene rings is 1. The molecule has 1 aromatic rings. The standard InChI is InChI=1S/C21H27ClN2O5/c1-4-29-21(27)20-14(2)24(13-18(25)23-10-7-11-28-3)19(26)12-16(20)15-8-5-6-9-17(15)22/h5-6,8-9,16H,4,7,10-13H2,1-3H3,(H,23,25)/t16-/m0/s1. The number of carbonyl (C=O) groups excluding carboxylic acids is 3. The summed E-state index contributed by atoms with van der Waals surface area (Å²) < 4.78 is 10.2. The van der Waals surface area contributed by atoms with Crippen LogP contribution in [-0.4, -0.2) is 56.1 Å². The summed E-state index contributed by atoms with van der Waals surface area (Å²) >= 11 is 6.33. The van der Waals surface area contributed by atoms with Crippen molar-refractivity contribution in [2.45, 2.75) is 32.6 Å². The number of hydrogen-bond acceptors (Lipinski definition) is 5. The van der Waals surface area contributed by atoms with Crippen molar-refractivity contribution in [1.29, 1.82) is 0 Å².